The molecular weight excluding hydrogens is 192 g/mol. The van der Waals surface area contributed by atoms with Crippen LogP contribution in [0.3, 0.4) is 0 Å². The highest BCUT2D eigenvalue weighted by molar-refractivity contribution is 5.66. The molecule has 0 aliphatic rings. The van der Waals surface area contributed by atoms with E-state index in [0.717, 1.165) is 0 Å². The molecule has 2 aromatic rings. The van der Waals surface area contributed by atoms with Crippen LogP contribution in [0, 0.1) is 6.92 Å². The SMILES string of the molecule is Cc1cc(-c2ccccc2O)nc(=O)[nH]1. The Balaban J connectivity index is 2.64. The molecule has 2 rings (SSSR count). The zero-order valence-corrected chi connectivity index (χ0v) is 8.19. The Bertz CT molecular complexity index is 546. The molecule has 0 amide bonds. The Morgan fingerprint density at radius 3 is 2.73 bits per heavy atom. The maximum Gasteiger partial charge on any atom is 0.345 e. The first-order chi connectivity index (χ1) is 7.16. The standard InChI is InChI=1S/C11H10N2O2/c1-7-6-9(13-11(15)12-7)8-4-2-3-5-10(8)14/h2-6,14H,1H3,(H,12,13,15). The minimum atomic E-state index is -0.409. The van der Waals surface area contributed by atoms with Gasteiger partial charge in [-0.15, -0.1) is 0 Å². The maximum atomic E-state index is 11.1. The number of aryl methyl sites for hydroxylation is 1. The van der Waals surface area contributed by atoms with E-state index >= 15 is 0 Å². The molecule has 0 bridgehead atoms. The van der Waals surface area contributed by atoms with Crippen molar-refractivity contribution in [2.24, 2.45) is 0 Å². The van der Waals surface area contributed by atoms with E-state index in [0.29, 0.717) is 17.0 Å². The molecule has 0 saturated carbocycles. The Morgan fingerprint density at radius 2 is 2.07 bits per heavy atom. The zero-order chi connectivity index (χ0) is 10.8. The Hall–Kier alpha value is -2.10. The number of aromatic amines is 1. The highest BCUT2D eigenvalue weighted by atomic mass is 16.3. The Kier molecular flexibility index (Phi) is 2.25. The molecule has 1 heterocycles. The van der Waals surface area contributed by atoms with Gasteiger partial charge in [-0.3, -0.25) is 0 Å². The van der Waals surface area contributed by atoms with E-state index in [1.165, 1.54) is 0 Å². The van der Waals surface area contributed by atoms with Gasteiger partial charge in [-0.2, -0.15) is 4.98 Å². The van der Waals surface area contributed by atoms with Gasteiger partial charge in [-0.05, 0) is 25.1 Å². The third-order valence-corrected chi connectivity index (χ3v) is 2.06. The topological polar surface area (TPSA) is 66.0 Å². The molecule has 15 heavy (non-hydrogen) atoms. The zero-order valence-electron chi connectivity index (χ0n) is 8.19. The average molecular weight is 202 g/mol. The molecule has 1 aromatic carbocycles. The number of aromatic nitrogens is 2. The second-order valence-corrected chi connectivity index (χ2v) is 3.27. The fourth-order valence-electron chi connectivity index (χ4n) is 1.41. The van der Waals surface area contributed by atoms with Gasteiger partial charge in [0.25, 0.3) is 0 Å². The lowest BCUT2D eigenvalue weighted by molar-refractivity contribution is 0.477. The number of nitrogens with one attached hydrogen (secondary N) is 1. The fourth-order valence-corrected chi connectivity index (χ4v) is 1.41. The molecule has 0 saturated heterocycles. The molecule has 2 N–H and O–H groups in total. The van der Waals surface area contributed by atoms with E-state index in [2.05, 4.69) is 9.97 Å². The summed E-state index contributed by atoms with van der Waals surface area (Å²) < 4.78 is 0. The Morgan fingerprint density at radius 1 is 1.33 bits per heavy atom. The molecular formula is C11H10N2O2. The predicted molar refractivity (Wildman–Crippen MR) is 56.7 cm³/mol. The minimum Gasteiger partial charge on any atom is -0.507 e. The summed E-state index contributed by atoms with van der Waals surface area (Å²) in [7, 11) is 0. The highest BCUT2D eigenvalue weighted by Crippen LogP contribution is 2.25. The van der Waals surface area contributed by atoms with Gasteiger partial charge < -0.3 is 10.1 Å². The number of nitrogens with zero attached hydrogens (tertiary/aromatic N) is 1. The van der Waals surface area contributed by atoms with Crippen molar-refractivity contribution in [1.29, 1.82) is 0 Å². The van der Waals surface area contributed by atoms with Crippen LogP contribution >= 0.6 is 0 Å². The van der Waals surface area contributed by atoms with Crippen molar-refractivity contribution in [3.05, 3.63) is 46.5 Å². The molecule has 4 nitrogen and oxygen atoms in total. The van der Waals surface area contributed by atoms with Crippen LogP contribution < -0.4 is 5.69 Å². The van der Waals surface area contributed by atoms with Crippen LogP contribution in [0.5, 0.6) is 5.75 Å². The second-order valence-electron chi connectivity index (χ2n) is 3.27. The monoisotopic (exact) mass is 202 g/mol. The number of para-hydroxylation sites is 1. The van der Waals surface area contributed by atoms with Gasteiger partial charge in [0.2, 0.25) is 0 Å². The van der Waals surface area contributed by atoms with Crippen LogP contribution in [0.15, 0.2) is 35.1 Å². The molecule has 0 radical (unpaired) electrons. The smallest absolute Gasteiger partial charge is 0.345 e. The van der Waals surface area contributed by atoms with Crippen LogP contribution in [0.4, 0.5) is 0 Å². The van der Waals surface area contributed by atoms with Crippen molar-refractivity contribution in [1.82, 2.24) is 9.97 Å². The molecule has 1 aromatic heterocycles. The molecule has 76 valence electrons. The van der Waals surface area contributed by atoms with Gasteiger partial charge in [0.1, 0.15) is 5.75 Å². The van der Waals surface area contributed by atoms with Gasteiger partial charge in [0, 0.05) is 11.3 Å². The first-order valence-electron chi connectivity index (χ1n) is 4.53. The average Bonchev–Trinajstić information content (AvgIpc) is 2.16. The lowest BCUT2D eigenvalue weighted by atomic mass is 10.1. The van der Waals surface area contributed by atoms with E-state index in [-0.39, 0.29) is 5.75 Å². The first-order valence-corrected chi connectivity index (χ1v) is 4.53. The van der Waals surface area contributed by atoms with Gasteiger partial charge >= 0.3 is 5.69 Å². The largest absolute Gasteiger partial charge is 0.507 e. The number of benzene rings is 1. The van der Waals surface area contributed by atoms with Gasteiger partial charge in [-0.1, -0.05) is 12.1 Å². The molecule has 0 fully saturated rings. The van der Waals surface area contributed by atoms with E-state index < -0.39 is 5.69 Å². The highest BCUT2D eigenvalue weighted by Gasteiger charge is 2.05. The summed E-state index contributed by atoms with van der Waals surface area (Å²) in [5, 5.41) is 9.59. The number of phenols is 1. The number of hydrogen-bond donors (Lipinski definition) is 2. The molecule has 0 unspecified atom stereocenters. The summed E-state index contributed by atoms with van der Waals surface area (Å²) >= 11 is 0. The number of hydrogen-bond acceptors (Lipinski definition) is 3. The van der Waals surface area contributed by atoms with E-state index in [1.807, 2.05) is 0 Å². The van der Waals surface area contributed by atoms with Crippen molar-refractivity contribution in [2.45, 2.75) is 6.92 Å². The van der Waals surface area contributed by atoms with Crippen LogP contribution in [0.1, 0.15) is 5.69 Å². The predicted octanol–water partition coefficient (Wildman–Crippen LogP) is 1.45. The van der Waals surface area contributed by atoms with Crippen molar-refractivity contribution in [3.63, 3.8) is 0 Å². The lowest BCUT2D eigenvalue weighted by Crippen LogP contribution is -2.11. The molecule has 0 atom stereocenters. The van der Waals surface area contributed by atoms with Crippen molar-refractivity contribution < 1.29 is 5.11 Å². The van der Waals surface area contributed by atoms with Gasteiger partial charge in [-0.25, -0.2) is 4.79 Å². The van der Waals surface area contributed by atoms with Crippen LogP contribution in [-0.4, -0.2) is 15.1 Å². The number of phenolic OH excluding ortho intramolecular Hbond substituents is 1. The summed E-state index contributed by atoms with van der Waals surface area (Å²) in [6, 6.07) is 8.51. The summed E-state index contributed by atoms with van der Waals surface area (Å²) in [6.07, 6.45) is 0. The summed E-state index contributed by atoms with van der Waals surface area (Å²) in [6.45, 7) is 1.77. The molecule has 0 aliphatic heterocycles. The van der Waals surface area contributed by atoms with E-state index in [9.17, 15) is 9.90 Å². The summed E-state index contributed by atoms with van der Waals surface area (Å²) in [5.74, 6) is 0.120. The van der Waals surface area contributed by atoms with E-state index in [1.54, 1.807) is 37.3 Å². The van der Waals surface area contributed by atoms with Crippen molar-refractivity contribution in [3.8, 4) is 17.0 Å². The quantitative estimate of drug-likeness (QED) is 0.735. The number of H-pyrrole nitrogens is 1. The third-order valence-electron chi connectivity index (χ3n) is 2.06. The first kappa shape index (κ1) is 9.45. The van der Waals surface area contributed by atoms with Crippen LogP contribution in [0.25, 0.3) is 11.3 Å². The minimum absolute atomic E-state index is 0.120. The van der Waals surface area contributed by atoms with Crippen LogP contribution in [-0.2, 0) is 0 Å². The van der Waals surface area contributed by atoms with Crippen molar-refractivity contribution in [2.75, 3.05) is 0 Å². The maximum absolute atomic E-state index is 11.1. The number of rotatable bonds is 1. The van der Waals surface area contributed by atoms with Crippen LogP contribution in [0.2, 0.25) is 0 Å². The third kappa shape index (κ3) is 1.88. The summed E-state index contributed by atoms with van der Waals surface area (Å²) in [5.41, 5.74) is 1.35. The number of aromatic hydroxyl groups is 1. The molecule has 4 heteroatoms. The molecule has 0 aliphatic carbocycles. The fraction of sp³-hybridized carbons (Fsp3) is 0.0909. The van der Waals surface area contributed by atoms with Gasteiger partial charge in [0.15, 0.2) is 0 Å². The Labute approximate surface area is 86.2 Å². The summed E-state index contributed by atoms with van der Waals surface area (Å²) in [4.78, 5) is 17.5. The second kappa shape index (κ2) is 3.57. The van der Waals surface area contributed by atoms with Crippen molar-refractivity contribution >= 4 is 0 Å². The molecule has 0 spiro atoms. The normalized spacial score (nSPS) is 10.2. The van der Waals surface area contributed by atoms with Gasteiger partial charge in [0.05, 0.1) is 5.69 Å². The lowest BCUT2D eigenvalue weighted by Gasteiger charge is -2.03. The van der Waals surface area contributed by atoms with E-state index in [4.69, 9.17) is 0 Å².